The highest BCUT2D eigenvalue weighted by atomic mass is 32.1. The Bertz CT molecular complexity index is 1130. The van der Waals surface area contributed by atoms with E-state index in [4.69, 9.17) is 0 Å². The van der Waals surface area contributed by atoms with Crippen molar-refractivity contribution in [1.29, 1.82) is 0 Å². The Morgan fingerprint density at radius 1 is 0.781 bits per heavy atom. The molecule has 1 aromatic heterocycles. The minimum atomic E-state index is -0.783. The van der Waals surface area contributed by atoms with Gasteiger partial charge in [-0.2, -0.15) is 0 Å². The van der Waals surface area contributed by atoms with Crippen LogP contribution in [0.1, 0.15) is 22.0 Å². The predicted octanol–water partition coefficient (Wildman–Crippen LogP) is 5.38. The van der Waals surface area contributed by atoms with Crippen LogP contribution in [-0.4, -0.2) is 11.8 Å². The minimum Gasteiger partial charge on any atom is -0.350 e. The summed E-state index contributed by atoms with van der Waals surface area (Å²) in [5, 5.41) is 4.99. The van der Waals surface area contributed by atoms with E-state index in [-0.39, 0.29) is 18.2 Å². The lowest BCUT2D eigenvalue weighted by Crippen LogP contribution is -2.44. The first-order valence-corrected chi connectivity index (χ1v) is 11.4. The van der Waals surface area contributed by atoms with Crippen LogP contribution in [0.4, 0.5) is 5.69 Å². The summed E-state index contributed by atoms with van der Waals surface area (Å²) in [7, 11) is 0. The van der Waals surface area contributed by atoms with E-state index < -0.39 is 6.04 Å². The van der Waals surface area contributed by atoms with Crippen LogP contribution in [0, 0.1) is 0 Å². The van der Waals surface area contributed by atoms with Gasteiger partial charge in [-0.15, -0.1) is 11.3 Å². The quantitative estimate of drug-likeness (QED) is 0.400. The van der Waals surface area contributed by atoms with E-state index >= 15 is 0 Å². The average molecular weight is 441 g/mol. The first-order valence-electron chi connectivity index (χ1n) is 10.5. The SMILES string of the molecule is O=C(NCc1ccccc1)[C@@H](c1ccccc1)N(C(=O)Cc1cccs1)c1ccccc1. The summed E-state index contributed by atoms with van der Waals surface area (Å²) in [4.78, 5) is 29.7. The molecule has 1 N–H and O–H groups in total. The maximum Gasteiger partial charge on any atom is 0.248 e. The molecule has 0 unspecified atom stereocenters. The normalized spacial score (nSPS) is 11.5. The Balaban J connectivity index is 1.69. The number of hydrogen-bond donors (Lipinski definition) is 1. The van der Waals surface area contributed by atoms with Crippen LogP contribution in [0.25, 0.3) is 0 Å². The van der Waals surface area contributed by atoms with Crippen LogP contribution in [-0.2, 0) is 22.6 Å². The van der Waals surface area contributed by atoms with Crippen molar-refractivity contribution in [3.05, 3.63) is 125 Å². The number of nitrogens with zero attached hydrogens (tertiary/aromatic N) is 1. The molecule has 0 radical (unpaired) electrons. The highest BCUT2D eigenvalue weighted by molar-refractivity contribution is 7.10. The van der Waals surface area contributed by atoms with Crippen molar-refractivity contribution in [2.75, 3.05) is 4.90 Å². The fourth-order valence-corrected chi connectivity index (χ4v) is 4.30. The molecule has 0 fully saturated rings. The molecule has 0 aliphatic rings. The zero-order valence-electron chi connectivity index (χ0n) is 17.6. The van der Waals surface area contributed by atoms with Gasteiger partial charge in [-0.25, -0.2) is 0 Å². The fraction of sp³-hybridized carbons (Fsp3) is 0.111. The third-order valence-corrected chi connectivity index (χ3v) is 6.02. The van der Waals surface area contributed by atoms with Gasteiger partial charge in [0.1, 0.15) is 6.04 Å². The highest BCUT2D eigenvalue weighted by Crippen LogP contribution is 2.29. The predicted molar refractivity (Wildman–Crippen MR) is 129 cm³/mol. The fourth-order valence-electron chi connectivity index (χ4n) is 3.61. The summed E-state index contributed by atoms with van der Waals surface area (Å²) >= 11 is 1.54. The summed E-state index contributed by atoms with van der Waals surface area (Å²) in [6.07, 6.45) is 0.238. The zero-order valence-corrected chi connectivity index (χ0v) is 18.4. The standard InChI is InChI=1S/C27H24N2O2S/c30-25(19-24-17-10-18-32-24)29(23-15-8-3-9-16-23)26(22-13-6-2-7-14-22)27(31)28-20-21-11-4-1-5-12-21/h1-18,26H,19-20H2,(H,28,31)/t26-/m1/s1. The molecule has 0 spiro atoms. The Kier molecular flexibility index (Phi) is 7.10. The second-order valence-corrected chi connectivity index (χ2v) is 8.40. The van der Waals surface area contributed by atoms with E-state index in [0.717, 1.165) is 16.0 Å². The number of benzene rings is 3. The topological polar surface area (TPSA) is 49.4 Å². The number of thiophene rings is 1. The molecule has 0 aliphatic heterocycles. The Hall–Kier alpha value is -3.70. The first-order chi connectivity index (χ1) is 15.7. The first kappa shape index (κ1) is 21.5. The number of nitrogens with one attached hydrogen (secondary N) is 1. The monoisotopic (exact) mass is 440 g/mol. The molecule has 0 aliphatic carbocycles. The summed E-state index contributed by atoms with van der Waals surface area (Å²) in [5.41, 5.74) is 2.46. The largest absolute Gasteiger partial charge is 0.350 e. The van der Waals surface area contributed by atoms with Gasteiger partial charge in [0, 0.05) is 17.1 Å². The van der Waals surface area contributed by atoms with Gasteiger partial charge in [0.25, 0.3) is 0 Å². The molecule has 3 aromatic carbocycles. The third-order valence-electron chi connectivity index (χ3n) is 5.14. The van der Waals surface area contributed by atoms with Crippen molar-refractivity contribution in [2.24, 2.45) is 0 Å². The molecule has 32 heavy (non-hydrogen) atoms. The molecule has 4 rings (SSSR count). The van der Waals surface area contributed by atoms with Crippen LogP contribution in [0.3, 0.4) is 0 Å². The number of anilines is 1. The van der Waals surface area contributed by atoms with E-state index in [1.54, 1.807) is 4.90 Å². The van der Waals surface area contributed by atoms with E-state index in [9.17, 15) is 9.59 Å². The Morgan fingerprint density at radius 2 is 1.41 bits per heavy atom. The van der Waals surface area contributed by atoms with Crippen LogP contribution < -0.4 is 10.2 Å². The van der Waals surface area contributed by atoms with Gasteiger partial charge in [0.15, 0.2) is 0 Å². The number of para-hydroxylation sites is 1. The molecule has 0 saturated carbocycles. The molecule has 160 valence electrons. The molecular weight excluding hydrogens is 416 g/mol. The summed E-state index contributed by atoms with van der Waals surface area (Å²) in [6.45, 7) is 0.394. The molecule has 2 amide bonds. The molecule has 4 nitrogen and oxygen atoms in total. The Labute approximate surface area is 192 Å². The van der Waals surface area contributed by atoms with E-state index in [0.29, 0.717) is 12.2 Å². The molecule has 1 atom stereocenters. The number of hydrogen-bond acceptors (Lipinski definition) is 3. The van der Waals surface area contributed by atoms with Gasteiger partial charge < -0.3 is 5.32 Å². The lowest BCUT2D eigenvalue weighted by Gasteiger charge is -2.31. The smallest absolute Gasteiger partial charge is 0.248 e. The number of rotatable bonds is 8. The number of carbonyl (C=O) groups is 2. The van der Waals surface area contributed by atoms with Crippen molar-refractivity contribution >= 4 is 28.8 Å². The van der Waals surface area contributed by atoms with Crippen LogP contribution in [0.5, 0.6) is 0 Å². The van der Waals surface area contributed by atoms with Crippen molar-refractivity contribution in [3.63, 3.8) is 0 Å². The van der Waals surface area contributed by atoms with E-state index in [2.05, 4.69) is 5.32 Å². The summed E-state index contributed by atoms with van der Waals surface area (Å²) in [6, 6.07) is 31.7. The van der Waals surface area contributed by atoms with Gasteiger partial charge in [-0.05, 0) is 34.7 Å². The Morgan fingerprint density at radius 3 is 2.03 bits per heavy atom. The maximum atomic E-state index is 13.6. The van der Waals surface area contributed by atoms with Crippen LogP contribution in [0.2, 0.25) is 0 Å². The van der Waals surface area contributed by atoms with Crippen molar-refractivity contribution in [3.8, 4) is 0 Å². The van der Waals surface area contributed by atoms with Gasteiger partial charge in [0.2, 0.25) is 11.8 Å². The van der Waals surface area contributed by atoms with Gasteiger partial charge in [-0.1, -0.05) is 84.9 Å². The zero-order chi connectivity index (χ0) is 22.2. The van der Waals surface area contributed by atoms with Crippen LogP contribution >= 0.6 is 11.3 Å². The molecule has 1 heterocycles. The molecule has 5 heteroatoms. The van der Waals surface area contributed by atoms with Crippen LogP contribution in [0.15, 0.2) is 109 Å². The summed E-state index contributed by atoms with van der Waals surface area (Å²) < 4.78 is 0. The minimum absolute atomic E-state index is 0.123. The van der Waals surface area contributed by atoms with E-state index in [1.165, 1.54) is 11.3 Å². The maximum absolute atomic E-state index is 13.6. The second-order valence-electron chi connectivity index (χ2n) is 7.37. The highest BCUT2D eigenvalue weighted by Gasteiger charge is 2.32. The van der Waals surface area contributed by atoms with Gasteiger partial charge in [-0.3, -0.25) is 14.5 Å². The summed E-state index contributed by atoms with van der Waals surface area (Å²) in [5.74, 6) is -0.342. The van der Waals surface area contributed by atoms with Gasteiger partial charge in [0.05, 0.1) is 6.42 Å². The lowest BCUT2D eigenvalue weighted by atomic mass is 10.0. The van der Waals surface area contributed by atoms with Gasteiger partial charge >= 0.3 is 0 Å². The molecule has 4 aromatic rings. The molecular formula is C27H24N2O2S. The second kappa shape index (κ2) is 10.6. The number of carbonyl (C=O) groups excluding carboxylic acids is 2. The molecule has 0 saturated heterocycles. The molecule has 0 bridgehead atoms. The number of amides is 2. The van der Waals surface area contributed by atoms with Crippen molar-refractivity contribution in [2.45, 2.75) is 19.0 Å². The van der Waals surface area contributed by atoms with Crippen molar-refractivity contribution < 1.29 is 9.59 Å². The third kappa shape index (κ3) is 5.31. The average Bonchev–Trinajstić information content (AvgIpc) is 3.35. The van der Waals surface area contributed by atoms with E-state index in [1.807, 2.05) is 109 Å². The van der Waals surface area contributed by atoms with Crippen molar-refractivity contribution in [1.82, 2.24) is 5.32 Å². The lowest BCUT2D eigenvalue weighted by molar-refractivity contribution is -0.126.